The van der Waals surface area contributed by atoms with Crippen molar-refractivity contribution in [1.82, 2.24) is 10.3 Å². The number of nitrogen functional groups attached to an aromatic ring is 1. The molecule has 0 spiro atoms. The summed E-state index contributed by atoms with van der Waals surface area (Å²) in [7, 11) is 0. The van der Waals surface area contributed by atoms with Gasteiger partial charge >= 0.3 is 5.97 Å². The molecule has 1 aromatic carbocycles. The molecule has 186 valence electrons. The van der Waals surface area contributed by atoms with Crippen molar-refractivity contribution in [3.05, 3.63) is 52.3 Å². The normalized spacial score (nSPS) is 11.8. The molecule has 0 saturated heterocycles. The molecule has 2 amide bonds. The first-order valence-corrected chi connectivity index (χ1v) is 14.1. The second kappa shape index (κ2) is 12.7. The van der Waals surface area contributed by atoms with Gasteiger partial charge in [-0.2, -0.15) is 11.8 Å². The molecule has 0 radical (unpaired) electrons. The zero-order valence-corrected chi connectivity index (χ0v) is 22.1. The van der Waals surface area contributed by atoms with Crippen LogP contribution in [0.5, 0.6) is 0 Å². The number of hydrogen-bond acceptors (Lipinski definition) is 9. The van der Waals surface area contributed by atoms with E-state index in [2.05, 4.69) is 15.6 Å². The SMILES string of the molecule is CSCC[C@H](NC(=O)c1ccc(NC(=O)Cc2csc(N)n2)cc1-c1cccs1)C(=O)OC(C)C. The number of thioether (sulfide) groups is 1. The van der Waals surface area contributed by atoms with Crippen molar-refractivity contribution in [2.45, 2.75) is 38.8 Å². The van der Waals surface area contributed by atoms with E-state index in [-0.39, 0.29) is 24.3 Å². The predicted octanol–water partition coefficient (Wildman–Crippen LogP) is 4.44. The van der Waals surface area contributed by atoms with Crippen molar-refractivity contribution in [1.29, 1.82) is 0 Å². The summed E-state index contributed by atoms with van der Waals surface area (Å²) in [6.45, 7) is 3.55. The van der Waals surface area contributed by atoms with Crippen molar-refractivity contribution in [3.63, 3.8) is 0 Å². The van der Waals surface area contributed by atoms with Gasteiger partial charge in [-0.25, -0.2) is 9.78 Å². The number of carbonyl (C=O) groups is 3. The number of nitrogens with one attached hydrogen (secondary N) is 2. The number of hydrogen-bond donors (Lipinski definition) is 3. The van der Waals surface area contributed by atoms with Gasteiger partial charge < -0.3 is 21.1 Å². The first-order chi connectivity index (χ1) is 16.8. The fraction of sp³-hybridized carbons (Fsp3) is 0.333. The molecule has 0 aliphatic heterocycles. The molecule has 0 unspecified atom stereocenters. The zero-order valence-electron chi connectivity index (χ0n) is 19.7. The van der Waals surface area contributed by atoms with Crippen LogP contribution in [0.1, 0.15) is 36.3 Å². The highest BCUT2D eigenvalue weighted by molar-refractivity contribution is 7.98. The number of anilines is 2. The lowest BCUT2D eigenvalue weighted by molar-refractivity contribution is -0.149. The number of nitrogens with two attached hydrogens (primary N) is 1. The maximum atomic E-state index is 13.3. The third-order valence-corrected chi connectivity index (χ3v) is 7.07. The molecule has 3 aromatic rings. The molecule has 4 N–H and O–H groups in total. The fourth-order valence-electron chi connectivity index (χ4n) is 3.26. The van der Waals surface area contributed by atoms with E-state index in [1.54, 1.807) is 49.2 Å². The van der Waals surface area contributed by atoms with Crippen LogP contribution >= 0.6 is 34.4 Å². The van der Waals surface area contributed by atoms with E-state index < -0.39 is 12.0 Å². The Morgan fingerprint density at radius 2 is 2.00 bits per heavy atom. The summed E-state index contributed by atoms with van der Waals surface area (Å²) in [6.07, 6.45) is 2.22. The van der Waals surface area contributed by atoms with E-state index in [1.165, 1.54) is 22.7 Å². The molecule has 2 heterocycles. The van der Waals surface area contributed by atoms with Crippen molar-refractivity contribution in [3.8, 4) is 10.4 Å². The first kappa shape index (κ1) is 26.7. The number of aromatic nitrogens is 1. The van der Waals surface area contributed by atoms with Crippen LogP contribution in [0.3, 0.4) is 0 Å². The lowest BCUT2D eigenvalue weighted by Gasteiger charge is -2.20. The summed E-state index contributed by atoms with van der Waals surface area (Å²) in [5.74, 6) is -0.369. The molecular formula is C24H28N4O4S3. The van der Waals surface area contributed by atoms with Crippen molar-refractivity contribution in [2.24, 2.45) is 0 Å². The molecule has 0 saturated carbocycles. The number of amides is 2. The van der Waals surface area contributed by atoms with Crippen molar-refractivity contribution < 1.29 is 19.1 Å². The van der Waals surface area contributed by atoms with Crippen molar-refractivity contribution in [2.75, 3.05) is 23.1 Å². The van der Waals surface area contributed by atoms with E-state index in [1.807, 2.05) is 23.8 Å². The van der Waals surface area contributed by atoms with Gasteiger partial charge in [-0.05, 0) is 61.9 Å². The number of benzene rings is 1. The monoisotopic (exact) mass is 532 g/mol. The number of esters is 1. The first-order valence-electron chi connectivity index (χ1n) is 10.9. The quantitative estimate of drug-likeness (QED) is 0.312. The Bertz CT molecular complexity index is 1160. The Kier molecular flexibility index (Phi) is 9.70. The minimum atomic E-state index is -0.751. The summed E-state index contributed by atoms with van der Waals surface area (Å²) < 4.78 is 5.34. The Morgan fingerprint density at radius 1 is 1.20 bits per heavy atom. The number of carbonyl (C=O) groups excluding carboxylic acids is 3. The van der Waals surface area contributed by atoms with E-state index in [9.17, 15) is 14.4 Å². The third kappa shape index (κ3) is 7.81. The van der Waals surface area contributed by atoms with Crippen LogP contribution in [0.4, 0.5) is 10.8 Å². The van der Waals surface area contributed by atoms with Gasteiger partial charge in [0.05, 0.1) is 18.2 Å². The van der Waals surface area contributed by atoms with Gasteiger partial charge in [0, 0.05) is 27.1 Å². The lowest BCUT2D eigenvalue weighted by Crippen LogP contribution is -2.43. The average Bonchev–Trinajstić information content (AvgIpc) is 3.47. The topological polar surface area (TPSA) is 123 Å². The summed E-state index contributed by atoms with van der Waals surface area (Å²) in [6, 6.07) is 8.12. The van der Waals surface area contributed by atoms with Crippen LogP contribution in [-0.4, -0.2) is 46.9 Å². The largest absolute Gasteiger partial charge is 0.461 e. The van der Waals surface area contributed by atoms with E-state index in [0.29, 0.717) is 39.8 Å². The van der Waals surface area contributed by atoms with Crippen molar-refractivity contribution >= 4 is 63.0 Å². The molecule has 0 bridgehead atoms. The molecule has 0 aliphatic rings. The lowest BCUT2D eigenvalue weighted by atomic mass is 10.0. The smallest absolute Gasteiger partial charge is 0.328 e. The van der Waals surface area contributed by atoms with Gasteiger partial charge in [0.1, 0.15) is 6.04 Å². The van der Waals surface area contributed by atoms with E-state index in [0.717, 1.165) is 4.88 Å². The molecule has 11 heteroatoms. The average molecular weight is 533 g/mol. The van der Waals surface area contributed by atoms with Crippen LogP contribution in [-0.2, 0) is 20.7 Å². The zero-order chi connectivity index (χ0) is 25.4. The molecular weight excluding hydrogens is 504 g/mol. The molecule has 8 nitrogen and oxygen atoms in total. The number of thiazole rings is 1. The molecule has 3 rings (SSSR count). The fourth-order valence-corrected chi connectivity index (χ4v) is 5.06. The van der Waals surface area contributed by atoms with Crippen LogP contribution in [0.15, 0.2) is 41.1 Å². The second-order valence-corrected chi connectivity index (χ2v) is 10.8. The Hall–Kier alpha value is -2.89. The Morgan fingerprint density at radius 3 is 2.63 bits per heavy atom. The highest BCUT2D eigenvalue weighted by Crippen LogP contribution is 2.31. The summed E-state index contributed by atoms with van der Waals surface area (Å²) in [4.78, 5) is 43.3. The van der Waals surface area contributed by atoms with Crippen LogP contribution < -0.4 is 16.4 Å². The highest BCUT2D eigenvalue weighted by atomic mass is 32.2. The maximum absolute atomic E-state index is 13.3. The molecule has 35 heavy (non-hydrogen) atoms. The maximum Gasteiger partial charge on any atom is 0.328 e. The number of nitrogens with zero attached hydrogens (tertiary/aromatic N) is 1. The van der Waals surface area contributed by atoms with Crippen LogP contribution in [0, 0.1) is 0 Å². The molecule has 0 aliphatic carbocycles. The number of thiophene rings is 1. The minimum absolute atomic E-state index is 0.0966. The van der Waals surface area contributed by atoms with E-state index >= 15 is 0 Å². The summed E-state index contributed by atoms with van der Waals surface area (Å²) in [5.41, 5.74) is 7.86. The van der Waals surface area contributed by atoms with Gasteiger partial charge in [0.2, 0.25) is 5.91 Å². The number of rotatable bonds is 11. The predicted molar refractivity (Wildman–Crippen MR) is 144 cm³/mol. The Balaban J connectivity index is 1.81. The molecule has 1 atom stereocenters. The van der Waals surface area contributed by atoms with Gasteiger partial charge in [-0.15, -0.1) is 22.7 Å². The Labute approximate surface area is 216 Å². The summed E-state index contributed by atoms with van der Waals surface area (Å²) >= 11 is 4.35. The molecule has 0 fully saturated rings. The summed E-state index contributed by atoms with van der Waals surface area (Å²) in [5, 5.41) is 9.77. The minimum Gasteiger partial charge on any atom is -0.461 e. The van der Waals surface area contributed by atoms with Crippen LogP contribution in [0.25, 0.3) is 10.4 Å². The second-order valence-electron chi connectivity index (χ2n) is 7.93. The van der Waals surface area contributed by atoms with Crippen LogP contribution in [0.2, 0.25) is 0 Å². The van der Waals surface area contributed by atoms with Gasteiger partial charge in [0.25, 0.3) is 5.91 Å². The van der Waals surface area contributed by atoms with E-state index in [4.69, 9.17) is 10.5 Å². The number of ether oxygens (including phenoxy) is 1. The van der Waals surface area contributed by atoms with Gasteiger partial charge in [-0.1, -0.05) is 6.07 Å². The highest BCUT2D eigenvalue weighted by Gasteiger charge is 2.25. The third-order valence-electron chi connectivity index (χ3n) is 4.80. The van der Waals surface area contributed by atoms with Gasteiger partial charge in [0.15, 0.2) is 5.13 Å². The standard InChI is InChI=1S/C24H28N4O4S3/c1-14(2)32-23(31)19(8-10-33-3)28-22(30)17-7-6-15(11-18(17)20-5-4-9-34-20)26-21(29)12-16-13-35-24(25)27-16/h4-7,9,11,13-14,19H,8,10,12H2,1-3H3,(H2,25,27)(H,26,29)(H,28,30)/t19-/m0/s1. The molecule has 2 aromatic heterocycles. The van der Waals surface area contributed by atoms with Gasteiger partial charge in [-0.3, -0.25) is 9.59 Å².